The molecule has 0 aromatic carbocycles. The van der Waals surface area contributed by atoms with Gasteiger partial charge in [-0.2, -0.15) is 0 Å². The first-order valence-electron chi connectivity index (χ1n) is 7.73. The molecule has 1 saturated heterocycles. The zero-order chi connectivity index (χ0) is 12.3. The molecule has 4 unspecified atom stereocenters. The number of hydrogen-bond acceptors (Lipinski definition) is 2. The molecule has 2 fully saturated rings. The van der Waals surface area contributed by atoms with Gasteiger partial charge in [-0.05, 0) is 38.5 Å². The molecule has 0 aromatic rings. The van der Waals surface area contributed by atoms with Gasteiger partial charge in [-0.25, -0.2) is 0 Å². The number of likely N-dealkylation sites (tertiary alicyclic amines) is 1. The molecule has 1 saturated carbocycles. The second-order valence-electron chi connectivity index (χ2n) is 6.27. The second kappa shape index (κ2) is 6.19. The van der Waals surface area contributed by atoms with Crippen LogP contribution in [-0.4, -0.2) is 29.6 Å². The van der Waals surface area contributed by atoms with Crippen LogP contribution in [0.5, 0.6) is 0 Å². The van der Waals surface area contributed by atoms with Gasteiger partial charge in [0.25, 0.3) is 0 Å². The molecule has 0 amide bonds. The van der Waals surface area contributed by atoms with Gasteiger partial charge in [0.2, 0.25) is 0 Å². The van der Waals surface area contributed by atoms with Crippen molar-refractivity contribution in [3.63, 3.8) is 0 Å². The molecule has 100 valence electrons. The molecule has 1 heterocycles. The maximum Gasteiger partial charge on any atom is 0.0250 e. The largest absolute Gasteiger partial charge is 0.326 e. The first kappa shape index (κ1) is 13.4. The van der Waals surface area contributed by atoms with Crippen molar-refractivity contribution in [3.05, 3.63) is 0 Å². The van der Waals surface area contributed by atoms with E-state index in [1.807, 2.05) is 0 Å². The summed E-state index contributed by atoms with van der Waals surface area (Å²) >= 11 is 0. The highest BCUT2D eigenvalue weighted by Gasteiger charge is 2.33. The van der Waals surface area contributed by atoms with E-state index in [2.05, 4.69) is 18.7 Å². The summed E-state index contributed by atoms with van der Waals surface area (Å²) in [5.74, 6) is 0.918. The molecule has 1 aliphatic carbocycles. The number of rotatable bonds is 2. The van der Waals surface area contributed by atoms with Crippen LogP contribution in [0.1, 0.15) is 65.2 Å². The minimum Gasteiger partial charge on any atom is -0.326 e. The standard InChI is InChI=1S/C15H30N2/c1-3-13-10-9-12(2)17(11-13)15-8-6-4-5-7-14(15)16/h12-15H,3-11,16H2,1-2H3. The summed E-state index contributed by atoms with van der Waals surface area (Å²) in [4.78, 5) is 2.76. The summed E-state index contributed by atoms with van der Waals surface area (Å²) < 4.78 is 0. The van der Waals surface area contributed by atoms with Gasteiger partial charge >= 0.3 is 0 Å². The Morgan fingerprint density at radius 1 is 1.06 bits per heavy atom. The van der Waals surface area contributed by atoms with E-state index >= 15 is 0 Å². The zero-order valence-electron chi connectivity index (χ0n) is 11.7. The molecular formula is C15H30N2. The van der Waals surface area contributed by atoms with Gasteiger partial charge in [-0.1, -0.05) is 32.6 Å². The monoisotopic (exact) mass is 238 g/mol. The van der Waals surface area contributed by atoms with E-state index in [4.69, 9.17) is 5.73 Å². The summed E-state index contributed by atoms with van der Waals surface area (Å²) in [6.45, 7) is 6.05. The Kier molecular flexibility index (Phi) is 4.87. The Bertz CT molecular complexity index is 229. The fourth-order valence-electron chi connectivity index (χ4n) is 3.74. The lowest BCUT2D eigenvalue weighted by Gasteiger charge is -2.44. The molecule has 2 rings (SSSR count). The molecule has 2 nitrogen and oxygen atoms in total. The molecule has 0 bridgehead atoms. The number of piperidine rings is 1. The number of nitrogens with two attached hydrogens (primary N) is 1. The third-order valence-corrected chi connectivity index (χ3v) is 5.06. The van der Waals surface area contributed by atoms with Gasteiger partial charge in [0.1, 0.15) is 0 Å². The first-order valence-corrected chi connectivity index (χ1v) is 7.73. The normalized spacial score (nSPS) is 41.1. The predicted octanol–water partition coefficient (Wildman–Crippen LogP) is 3.16. The second-order valence-corrected chi connectivity index (χ2v) is 6.27. The smallest absolute Gasteiger partial charge is 0.0250 e. The maximum absolute atomic E-state index is 6.42. The molecule has 2 N–H and O–H groups in total. The fraction of sp³-hybridized carbons (Fsp3) is 1.00. The summed E-state index contributed by atoms with van der Waals surface area (Å²) in [6.07, 6.45) is 10.8. The van der Waals surface area contributed by atoms with E-state index in [1.165, 1.54) is 57.9 Å². The van der Waals surface area contributed by atoms with Crippen molar-refractivity contribution in [2.75, 3.05) is 6.54 Å². The topological polar surface area (TPSA) is 29.3 Å². The third-order valence-electron chi connectivity index (χ3n) is 5.06. The average molecular weight is 238 g/mol. The minimum absolute atomic E-state index is 0.426. The highest BCUT2D eigenvalue weighted by molar-refractivity contribution is 4.90. The van der Waals surface area contributed by atoms with Crippen molar-refractivity contribution in [2.24, 2.45) is 11.7 Å². The summed E-state index contributed by atoms with van der Waals surface area (Å²) in [5.41, 5.74) is 6.42. The molecule has 2 heteroatoms. The van der Waals surface area contributed by atoms with Crippen LogP contribution in [0.2, 0.25) is 0 Å². The third kappa shape index (κ3) is 3.23. The van der Waals surface area contributed by atoms with E-state index in [9.17, 15) is 0 Å². The predicted molar refractivity (Wildman–Crippen MR) is 74.0 cm³/mol. The van der Waals surface area contributed by atoms with Gasteiger partial charge in [0, 0.05) is 24.7 Å². The fourth-order valence-corrected chi connectivity index (χ4v) is 3.74. The summed E-state index contributed by atoms with van der Waals surface area (Å²) in [7, 11) is 0. The Hall–Kier alpha value is -0.0800. The SMILES string of the molecule is CCC1CCC(C)N(C2CCCCCC2N)C1. The van der Waals surface area contributed by atoms with Crippen molar-refractivity contribution >= 4 is 0 Å². The molecule has 0 radical (unpaired) electrons. The molecule has 0 spiro atoms. The van der Waals surface area contributed by atoms with Gasteiger partial charge in [0.05, 0.1) is 0 Å². The highest BCUT2D eigenvalue weighted by atomic mass is 15.2. The van der Waals surface area contributed by atoms with E-state index in [-0.39, 0.29) is 0 Å². The van der Waals surface area contributed by atoms with E-state index in [1.54, 1.807) is 0 Å². The molecule has 17 heavy (non-hydrogen) atoms. The van der Waals surface area contributed by atoms with Crippen LogP contribution in [0.3, 0.4) is 0 Å². The first-order chi connectivity index (χ1) is 8.22. The molecule has 4 atom stereocenters. The Morgan fingerprint density at radius 2 is 1.82 bits per heavy atom. The maximum atomic E-state index is 6.42. The quantitative estimate of drug-likeness (QED) is 0.749. The van der Waals surface area contributed by atoms with Crippen molar-refractivity contribution in [2.45, 2.75) is 83.3 Å². The van der Waals surface area contributed by atoms with Crippen molar-refractivity contribution in [3.8, 4) is 0 Å². The Balaban J connectivity index is 2.01. The Labute approximate surface area is 107 Å². The van der Waals surface area contributed by atoms with Crippen LogP contribution in [-0.2, 0) is 0 Å². The van der Waals surface area contributed by atoms with Crippen LogP contribution in [0, 0.1) is 5.92 Å². The van der Waals surface area contributed by atoms with Crippen LogP contribution in [0.25, 0.3) is 0 Å². The van der Waals surface area contributed by atoms with Gasteiger partial charge in [0.15, 0.2) is 0 Å². The lowest BCUT2D eigenvalue weighted by molar-refractivity contribution is 0.0545. The van der Waals surface area contributed by atoms with Crippen LogP contribution >= 0.6 is 0 Å². The number of nitrogens with zero attached hydrogens (tertiary/aromatic N) is 1. The van der Waals surface area contributed by atoms with Crippen molar-refractivity contribution < 1.29 is 0 Å². The van der Waals surface area contributed by atoms with Gasteiger partial charge < -0.3 is 5.73 Å². The van der Waals surface area contributed by atoms with Crippen molar-refractivity contribution in [1.29, 1.82) is 0 Å². The lowest BCUT2D eigenvalue weighted by Crippen LogP contribution is -2.54. The summed E-state index contributed by atoms with van der Waals surface area (Å²) in [5, 5.41) is 0. The molecule has 0 aromatic heterocycles. The van der Waals surface area contributed by atoms with E-state index in [0.717, 1.165) is 12.0 Å². The van der Waals surface area contributed by atoms with E-state index in [0.29, 0.717) is 12.1 Å². The molecule has 2 aliphatic rings. The van der Waals surface area contributed by atoms with Gasteiger partial charge in [-0.15, -0.1) is 0 Å². The summed E-state index contributed by atoms with van der Waals surface area (Å²) in [6, 6.07) is 1.85. The van der Waals surface area contributed by atoms with Crippen LogP contribution in [0.4, 0.5) is 0 Å². The minimum atomic E-state index is 0.426. The lowest BCUT2D eigenvalue weighted by atomic mass is 9.88. The molecule has 1 aliphatic heterocycles. The average Bonchev–Trinajstić information content (AvgIpc) is 2.55. The van der Waals surface area contributed by atoms with Crippen LogP contribution in [0.15, 0.2) is 0 Å². The number of hydrogen-bond donors (Lipinski definition) is 1. The van der Waals surface area contributed by atoms with Gasteiger partial charge in [-0.3, -0.25) is 4.90 Å². The van der Waals surface area contributed by atoms with Crippen molar-refractivity contribution in [1.82, 2.24) is 4.90 Å². The molecular weight excluding hydrogens is 208 g/mol. The Morgan fingerprint density at radius 3 is 2.59 bits per heavy atom. The van der Waals surface area contributed by atoms with E-state index < -0.39 is 0 Å². The highest BCUT2D eigenvalue weighted by Crippen LogP contribution is 2.30. The zero-order valence-corrected chi connectivity index (χ0v) is 11.7. The van der Waals surface area contributed by atoms with Crippen LogP contribution < -0.4 is 5.73 Å².